The Morgan fingerprint density at radius 1 is 1.29 bits per heavy atom. The van der Waals surface area contributed by atoms with Crippen LogP contribution in [0, 0.1) is 5.92 Å². The molecule has 1 aromatic heterocycles. The zero-order valence-corrected chi connectivity index (χ0v) is 17.0. The molecule has 1 N–H and O–H groups in total. The van der Waals surface area contributed by atoms with Gasteiger partial charge in [-0.25, -0.2) is 0 Å². The minimum Gasteiger partial charge on any atom is -0.496 e. The maximum absolute atomic E-state index is 13.0. The van der Waals surface area contributed by atoms with Crippen molar-refractivity contribution in [3.8, 4) is 5.75 Å². The summed E-state index contributed by atoms with van der Waals surface area (Å²) in [4.78, 5) is 31.0. The fraction of sp³-hybridized carbons (Fsp3) is 0.350. The molecule has 6 nitrogen and oxygen atoms in total. The van der Waals surface area contributed by atoms with Gasteiger partial charge in [-0.05, 0) is 43.0 Å². The molecule has 1 aliphatic heterocycles. The smallest absolute Gasteiger partial charge is 0.257 e. The second-order valence-electron chi connectivity index (χ2n) is 6.67. The second kappa shape index (κ2) is 9.26. The maximum atomic E-state index is 13.0. The quantitative estimate of drug-likeness (QED) is 0.798. The van der Waals surface area contributed by atoms with Crippen molar-refractivity contribution >= 4 is 35.0 Å². The third kappa shape index (κ3) is 4.75. The summed E-state index contributed by atoms with van der Waals surface area (Å²) < 4.78 is 5.30. The Balaban J connectivity index is 1.63. The molecule has 0 bridgehead atoms. The van der Waals surface area contributed by atoms with Gasteiger partial charge in [0.25, 0.3) is 11.8 Å². The largest absolute Gasteiger partial charge is 0.496 e. The van der Waals surface area contributed by atoms with E-state index in [0.717, 1.165) is 12.8 Å². The zero-order valence-electron chi connectivity index (χ0n) is 15.5. The Bertz CT molecular complexity index is 876. The molecule has 2 aromatic rings. The van der Waals surface area contributed by atoms with Crippen LogP contribution in [0.2, 0.25) is 10.0 Å². The third-order valence-electron chi connectivity index (χ3n) is 4.77. The number of ether oxygens (including phenoxy) is 1. The molecule has 1 saturated heterocycles. The monoisotopic (exact) mass is 421 g/mol. The summed E-state index contributed by atoms with van der Waals surface area (Å²) >= 11 is 12.1. The van der Waals surface area contributed by atoms with E-state index >= 15 is 0 Å². The van der Waals surface area contributed by atoms with E-state index in [1.54, 1.807) is 29.2 Å². The van der Waals surface area contributed by atoms with E-state index in [0.29, 0.717) is 46.6 Å². The summed E-state index contributed by atoms with van der Waals surface area (Å²) in [6.07, 6.45) is 4.77. The Hall–Kier alpha value is -2.31. The van der Waals surface area contributed by atoms with Crippen LogP contribution in [0.3, 0.4) is 0 Å². The number of benzene rings is 1. The highest BCUT2D eigenvalue weighted by molar-refractivity contribution is 6.33. The van der Waals surface area contributed by atoms with Gasteiger partial charge in [-0.3, -0.25) is 14.6 Å². The lowest BCUT2D eigenvalue weighted by Gasteiger charge is -2.33. The number of hydrogen-bond donors (Lipinski definition) is 1. The number of halogens is 2. The lowest BCUT2D eigenvalue weighted by Crippen LogP contribution is -2.43. The van der Waals surface area contributed by atoms with Crippen molar-refractivity contribution in [1.29, 1.82) is 0 Å². The van der Waals surface area contributed by atoms with Crippen LogP contribution in [0.25, 0.3) is 0 Å². The summed E-state index contributed by atoms with van der Waals surface area (Å²) in [6, 6.07) is 6.59. The molecule has 2 amide bonds. The highest BCUT2D eigenvalue weighted by Crippen LogP contribution is 2.26. The average molecular weight is 422 g/mol. The lowest BCUT2D eigenvalue weighted by molar-refractivity contribution is 0.0667. The number of aromatic nitrogens is 1. The van der Waals surface area contributed by atoms with E-state index < -0.39 is 0 Å². The van der Waals surface area contributed by atoms with Crippen molar-refractivity contribution in [2.24, 2.45) is 5.92 Å². The van der Waals surface area contributed by atoms with Crippen LogP contribution < -0.4 is 10.1 Å². The van der Waals surface area contributed by atoms with Crippen molar-refractivity contribution in [2.75, 3.05) is 26.7 Å². The highest BCUT2D eigenvalue weighted by atomic mass is 35.5. The number of methoxy groups -OCH3 is 1. The normalized spacial score (nSPS) is 16.5. The van der Waals surface area contributed by atoms with Crippen molar-refractivity contribution in [2.45, 2.75) is 12.8 Å². The van der Waals surface area contributed by atoms with E-state index in [1.165, 1.54) is 19.5 Å². The molecule has 148 valence electrons. The predicted molar refractivity (Wildman–Crippen MR) is 108 cm³/mol. The first-order valence-electron chi connectivity index (χ1n) is 9.00. The van der Waals surface area contributed by atoms with Crippen molar-refractivity contribution in [3.63, 3.8) is 0 Å². The Morgan fingerprint density at radius 2 is 2.11 bits per heavy atom. The van der Waals surface area contributed by atoms with Crippen molar-refractivity contribution in [3.05, 3.63) is 57.8 Å². The van der Waals surface area contributed by atoms with Gasteiger partial charge in [0.1, 0.15) is 5.75 Å². The number of nitrogens with zero attached hydrogens (tertiary/aromatic N) is 2. The summed E-state index contributed by atoms with van der Waals surface area (Å²) in [7, 11) is 1.53. The van der Waals surface area contributed by atoms with Crippen LogP contribution in [-0.2, 0) is 0 Å². The number of amides is 2. The minimum absolute atomic E-state index is 0.118. The number of hydrogen-bond acceptors (Lipinski definition) is 4. The summed E-state index contributed by atoms with van der Waals surface area (Å²) in [6.45, 7) is 1.68. The van der Waals surface area contributed by atoms with Crippen LogP contribution >= 0.6 is 23.2 Å². The summed E-state index contributed by atoms with van der Waals surface area (Å²) in [5, 5.41) is 3.70. The molecule has 0 spiro atoms. The lowest BCUT2D eigenvalue weighted by atomic mass is 9.97. The van der Waals surface area contributed by atoms with Gasteiger partial charge in [0, 0.05) is 37.1 Å². The van der Waals surface area contributed by atoms with Crippen LogP contribution in [-0.4, -0.2) is 48.4 Å². The number of pyridine rings is 1. The van der Waals surface area contributed by atoms with Crippen LogP contribution in [0.15, 0.2) is 36.7 Å². The van der Waals surface area contributed by atoms with Crippen molar-refractivity contribution in [1.82, 2.24) is 15.2 Å². The molecule has 1 atom stereocenters. The average Bonchev–Trinajstić information content (AvgIpc) is 2.72. The molecular weight excluding hydrogens is 401 g/mol. The first-order chi connectivity index (χ1) is 13.5. The van der Waals surface area contributed by atoms with Gasteiger partial charge >= 0.3 is 0 Å². The molecule has 0 aliphatic carbocycles. The number of likely N-dealkylation sites (tertiary alicyclic amines) is 1. The molecule has 0 unspecified atom stereocenters. The van der Waals surface area contributed by atoms with Gasteiger partial charge in [0.2, 0.25) is 0 Å². The Labute approximate surface area is 173 Å². The fourth-order valence-electron chi connectivity index (χ4n) is 3.33. The van der Waals surface area contributed by atoms with Gasteiger partial charge in [0.05, 0.1) is 23.3 Å². The molecular formula is C20H21Cl2N3O3. The third-order valence-corrected chi connectivity index (χ3v) is 5.30. The van der Waals surface area contributed by atoms with Gasteiger partial charge < -0.3 is 15.0 Å². The standard InChI is InChI=1S/C20H21Cl2N3O3/c1-28-18-5-4-14(21)9-16(18)20(27)25-8-2-3-13(12-25)10-24-19(26)15-6-7-23-11-17(15)22/h4-7,9,11,13H,2-3,8,10,12H2,1H3,(H,24,26)/t13-/m0/s1. The van der Waals surface area contributed by atoms with E-state index in [4.69, 9.17) is 27.9 Å². The molecule has 28 heavy (non-hydrogen) atoms. The highest BCUT2D eigenvalue weighted by Gasteiger charge is 2.27. The van der Waals surface area contributed by atoms with E-state index in [-0.39, 0.29) is 17.7 Å². The molecule has 1 fully saturated rings. The van der Waals surface area contributed by atoms with Crippen molar-refractivity contribution < 1.29 is 14.3 Å². The molecule has 0 saturated carbocycles. The van der Waals surface area contributed by atoms with E-state index in [9.17, 15) is 9.59 Å². The number of rotatable bonds is 5. The molecule has 8 heteroatoms. The van der Waals surface area contributed by atoms with Gasteiger partial charge in [-0.2, -0.15) is 0 Å². The molecule has 1 aliphatic rings. The molecule has 1 aromatic carbocycles. The summed E-state index contributed by atoms with van der Waals surface area (Å²) in [5.41, 5.74) is 0.840. The minimum atomic E-state index is -0.243. The number of nitrogens with one attached hydrogen (secondary N) is 1. The SMILES string of the molecule is COc1ccc(Cl)cc1C(=O)N1CCC[C@@H](CNC(=O)c2ccncc2Cl)C1. The molecule has 2 heterocycles. The van der Waals surface area contributed by atoms with E-state index in [1.807, 2.05) is 0 Å². The Morgan fingerprint density at radius 3 is 2.86 bits per heavy atom. The summed E-state index contributed by atoms with van der Waals surface area (Å²) in [5.74, 6) is 0.296. The first kappa shape index (κ1) is 20.4. The number of carbonyl (C=O) groups is 2. The fourth-order valence-corrected chi connectivity index (χ4v) is 3.70. The Kier molecular flexibility index (Phi) is 6.75. The first-order valence-corrected chi connectivity index (χ1v) is 9.75. The van der Waals surface area contributed by atoms with Crippen LogP contribution in [0.4, 0.5) is 0 Å². The number of carbonyl (C=O) groups excluding carboxylic acids is 2. The zero-order chi connectivity index (χ0) is 20.1. The second-order valence-corrected chi connectivity index (χ2v) is 7.51. The topological polar surface area (TPSA) is 71.5 Å². The van der Waals surface area contributed by atoms with E-state index in [2.05, 4.69) is 10.3 Å². The van der Waals surface area contributed by atoms with Gasteiger partial charge in [-0.15, -0.1) is 0 Å². The molecule has 0 radical (unpaired) electrons. The molecule has 3 rings (SSSR count). The number of piperidine rings is 1. The van der Waals surface area contributed by atoms with Crippen LogP contribution in [0.5, 0.6) is 5.75 Å². The van der Waals surface area contributed by atoms with Gasteiger partial charge in [0.15, 0.2) is 0 Å². The predicted octanol–water partition coefficient (Wildman–Crippen LogP) is 3.68. The maximum Gasteiger partial charge on any atom is 0.257 e. The van der Waals surface area contributed by atoms with Crippen LogP contribution in [0.1, 0.15) is 33.6 Å². The van der Waals surface area contributed by atoms with Gasteiger partial charge in [-0.1, -0.05) is 23.2 Å².